The second-order valence-electron chi connectivity index (χ2n) is 5.74. The molecule has 0 aromatic heterocycles. The van der Waals surface area contributed by atoms with Crippen molar-refractivity contribution in [2.75, 3.05) is 13.2 Å². The first-order valence-corrected chi connectivity index (χ1v) is 7.98. The van der Waals surface area contributed by atoms with Crippen molar-refractivity contribution >= 4 is 18.3 Å². The van der Waals surface area contributed by atoms with E-state index in [-0.39, 0.29) is 24.4 Å². The van der Waals surface area contributed by atoms with Gasteiger partial charge in [-0.2, -0.15) is 0 Å². The number of hydrogen-bond donors (Lipinski definition) is 2. The van der Waals surface area contributed by atoms with Gasteiger partial charge in [0.25, 0.3) is 5.91 Å². The average molecular weight is 327 g/mol. The maximum Gasteiger partial charge on any atom is 0.251 e. The molecule has 2 rings (SSSR count). The molecule has 0 radical (unpaired) electrons. The molecule has 5 heteroatoms. The average Bonchev–Trinajstić information content (AvgIpc) is 2.53. The zero-order valence-electron chi connectivity index (χ0n) is 13.2. The number of nitrogens with two attached hydrogens (primary N) is 1. The van der Waals surface area contributed by atoms with Crippen LogP contribution in [0.25, 0.3) is 0 Å². The highest BCUT2D eigenvalue weighted by atomic mass is 35.5. The lowest BCUT2D eigenvalue weighted by Gasteiger charge is -2.31. The minimum absolute atomic E-state index is 0. The Hall–Kier alpha value is -1.26. The third kappa shape index (κ3) is 5.18. The largest absolute Gasteiger partial charge is 0.494 e. The van der Waals surface area contributed by atoms with Crippen LogP contribution in [0, 0.1) is 5.92 Å². The lowest BCUT2D eigenvalue weighted by atomic mass is 9.84. The Bertz CT molecular complexity index is 468. The van der Waals surface area contributed by atoms with E-state index in [1.807, 2.05) is 24.3 Å². The second-order valence-corrected chi connectivity index (χ2v) is 5.74. The number of carbonyl (C=O) groups is 1. The van der Waals surface area contributed by atoms with E-state index in [2.05, 4.69) is 12.2 Å². The minimum Gasteiger partial charge on any atom is -0.494 e. The van der Waals surface area contributed by atoms with Crippen LogP contribution in [0.3, 0.4) is 0 Å². The normalized spacial score (nSPS) is 20.8. The topological polar surface area (TPSA) is 64.3 Å². The number of carbonyl (C=O) groups excluding carboxylic acids is 1. The number of ether oxygens (including phenoxy) is 1. The van der Waals surface area contributed by atoms with Crippen LogP contribution in [-0.4, -0.2) is 25.1 Å². The summed E-state index contributed by atoms with van der Waals surface area (Å²) in [4.78, 5) is 12.4. The van der Waals surface area contributed by atoms with Crippen LogP contribution in [-0.2, 0) is 0 Å². The van der Waals surface area contributed by atoms with Gasteiger partial charge in [-0.15, -0.1) is 12.4 Å². The first-order chi connectivity index (χ1) is 10.2. The molecule has 1 fully saturated rings. The summed E-state index contributed by atoms with van der Waals surface area (Å²) in [6.45, 7) is 3.38. The highest BCUT2D eigenvalue weighted by molar-refractivity contribution is 5.94. The van der Waals surface area contributed by atoms with Gasteiger partial charge < -0.3 is 15.8 Å². The van der Waals surface area contributed by atoms with E-state index in [1.54, 1.807) is 0 Å². The van der Waals surface area contributed by atoms with Crippen LogP contribution in [0.1, 0.15) is 49.4 Å². The molecular weight excluding hydrogens is 300 g/mol. The van der Waals surface area contributed by atoms with Crippen LogP contribution < -0.4 is 15.8 Å². The summed E-state index contributed by atoms with van der Waals surface area (Å²) in [6, 6.07) is 7.59. The predicted octanol–water partition coefficient (Wildman–Crippen LogP) is 3.14. The van der Waals surface area contributed by atoms with Gasteiger partial charge in [-0.3, -0.25) is 4.79 Å². The summed E-state index contributed by atoms with van der Waals surface area (Å²) < 4.78 is 5.58. The van der Waals surface area contributed by atoms with E-state index in [1.165, 1.54) is 12.8 Å². The van der Waals surface area contributed by atoms with E-state index in [4.69, 9.17) is 10.5 Å². The van der Waals surface area contributed by atoms with Gasteiger partial charge in [0.15, 0.2) is 0 Å². The van der Waals surface area contributed by atoms with E-state index in [9.17, 15) is 4.79 Å². The monoisotopic (exact) mass is 326 g/mol. The molecule has 1 amide bonds. The molecule has 1 aliphatic carbocycles. The Morgan fingerprint density at radius 3 is 2.86 bits per heavy atom. The number of nitrogens with one attached hydrogen (secondary N) is 1. The molecule has 22 heavy (non-hydrogen) atoms. The number of rotatable bonds is 6. The molecule has 0 spiro atoms. The van der Waals surface area contributed by atoms with E-state index in [0.717, 1.165) is 25.0 Å². The quantitative estimate of drug-likeness (QED) is 0.844. The SMILES string of the molecule is CCCOc1cccc(C(=O)NC2CCCCC2CN)c1.Cl. The number of benzene rings is 1. The predicted molar refractivity (Wildman–Crippen MR) is 91.7 cm³/mol. The van der Waals surface area contributed by atoms with Crippen molar-refractivity contribution in [3.63, 3.8) is 0 Å². The van der Waals surface area contributed by atoms with Crippen LogP contribution in [0.4, 0.5) is 0 Å². The molecule has 1 aliphatic rings. The summed E-state index contributed by atoms with van der Waals surface area (Å²) in [5, 5.41) is 3.14. The Kier molecular flexibility index (Phi) is 8.28. The van der Waals surface area contributed by atoms with Crippen LogP contribution in [0.2, 0.25) is 0 Å². The molecule has 0 saturated heterocycles. The zero-order valence-corrected chi connectivity index (χ0v) is 14.0. The van der Waals surface area contributed by atoms with Gasteiger partial charge in [0, 0.05) is 11.6 Å². The molecule has 2 atom stereocenters. The Morgan fingerprint density at radius 2 is 2.14 bits per heavy atom. The van der Waals surface area contributed by atoms with Crippen LogP contribution >= 0.6 is 12.4 Å². The molecule has 124 valence electrons. The highest BCUT2D eigenvalue weighted by Crippen LogP contribution is 2.24. The lowest BCUT2D eigenvalue weighted by molar-refractivity contribution is 0.0907. The molecule has 1 aromatic carbocycles. The Balaban J connectivity index is 0.00000242. The minimum atomic E-state index is -0.0256. The van der Waals surface area contributed by atoms with Crippen LogP contribution in [0.5, 0.6) is 5.75 Å². The van der Waals surface area contributed by atoms with Gasteiger partial charge in [-0.1, -0.05) is 25.8 Å². The van der Waals surface area contributed by atoms with Crippen molar-refractivity contribution in [1.29, 1.82) is 0 Å². The fourth-order valence-corrected chi connectivity index (χ4v) is 2.88. The number of hydrogen-bond acceptors (Lipinski definition) is 3. The van der Waals surface area contributed by atoms with Crippen molar-refractivity contribution < 1.29 is 9.53 Å². The van der Waals surface area contributed by atoms with E-state index < -0.39 is 0 Å². The summed E-state index contributed by atoms with van der Waals surface area (Å²) >= 11 is 0. The Labute approximate surface area is 139 Å². The van der Waals surface area contributed by atoms with Gasteiger partial charge in [0.2, 0.25) is 0 Å². The zero-order chi connectivity index (χ0) is 15.1. The summed E-state index contributed by atoms with van der Waals surface area (Å²) in [5.41, 5.74) is 6.47. The summed E-state index contributed by atoms with van der Waals surface area (Å²) in [6.07, 6.45) is 5.48. The van der Waals surface area contributed by atoms with E-state index in [0.29, 0.717) is 24.6 Å². The van der Waals surface area contributed by atoms with E-state index >= 15 is 0 Å². The smallest absolute Gasteiger partial charge is 0.251 e. The van der Waals surface area contributed by atoms with Crippen LogP contribution in [0.15, 0.2) is 24.3 Å². The summed E-state index contributed by atoms with van der Waals surface area (Å²) in [7, 11) is 0. The van der Waals surface area contributed by atoms with Gasteiger partial charge in [-0.05, 0) is 49.9 Å². The van der Waals surface area contributed by atoms with Gasteiger partial charge in [0.1, 0.15) is 5.75 Å². The molecule has 1 aromatic rings. The molecular formula is C17H27ClN2O2. The third-order valence-electron chi connectivity index (χ3n) is 4.10. The summed E-state index contributed by atoms with van der Waals surface area (Å²) in [5.74, 6) is 1.13. The first-order valence-electron chi connectivity index (χ1n) is 7.98. The second kappa shape index (κ2) is 9.70. The van der Waals surface area contributed by atoms with Crippen molar-refractivity contribution in [2.45, 2.75) is 45.1 Å². The van der Waals surface area contributed by atoms with Crippen molar-refractivity contribution in [1.82, 2.24) is 5.32 Å². The first kappa shape index (κ1) is 18.8. The van der Waals surface area contributed by atoms with Crippen molar-refractivity contribution in [2.24, 2.45) is 11.7 Å². The lowest BCUT2D eigenvalue weighted by Crippen LogP contribution is -2.44. The molecule has 2 unspecified atom stereocenters. The van der Waals surface area contributed by atoms with Gasteiger partial charge >= 0.3 is 0 Å². The molecule has 0 aliphatic heterocycles. The highest BCUT2D eigenvalue weighted by Gasteiger charge is 2.25. The number of amides is 1. The maximum absolute atomic E-state index is 12.4. The number of halogens is 1. The maximum atomic E-state index is 12.4. The van der Waals surface area contributed by atoms with Gasteiger partial charge in [0.05, 0.1) is 6.61 Å². The van der Waals surface area contributed by atoms with Crippen molar-refractivity contribution in [3.05, 3.63) is 29.8 Å². The standard InChI is InChI=1S/C17H26N2O2.ClH/c1-2-10-21-15-8-5-7-13(11-15)17(20)19-16-9-4-3-6-14(16)12-18;/h5,7-8,11,14,16H,2-4,6,9-10,12,18H2,1H3,(H,19,20);1H. The molecule has 0 heterocycles. The molecule has 4 nitrogen and oxygen atoms in total. The molecule has 1 saturated carbocycles. The third-order valence-corrected chi connectivity index (χ3v) is 4.10. The fraction of sp³-hybridized carbons (Fsp3) is 0.588. The molecule has 0 bridgehead atoms. The van der Waals surface area contributed by atoms with Gasteiger partial charge in [-0.25, -0.2) is 0 Å². The Morgan fingerprint density at radius 1 is 1.36 bits per heavy atom. The molecule has 3 N–H and O–H groups in total. The fourth-order valence-electron chi connectivity index (χ4n) is 2.88. The van der Waals surface area contributed by atoms with Crippen molar-refractivity contribution in [3.8, 4) is 5.75 Å².